The number of aliphatic hydroxyl groups excluding tert-OH is 3. The fourth-order valence-corrected chi connectivity index (χ4v) is 4.50. The van der Waals surface area contributed by atoms with Gasteiger partial charge in [-0.05, 0) is 24.3 Å². The van der Waals surface area contributed by atoms with Crippen LogP contribution < -0.4 is 5.32 Å². The summed E-state index contributed by atoms with van der Waals surface area (Å²) in [5, 5.41) is 32.2. The number of rotatable bonds is 6. The highest BCUT2D eigenvalue weighted by Gasteiger charge is 2.41. The van der Waals surface area contributed by atoms with Crippen LogP contribution in [0.3, 0.4) is 0 Å². The summed E-state index contributed by atoms with van der Waals surface area (Å²) in [6.45, 7) is -0.330. The summed E-state index contributed by atoms with van der Waals surface area (Å²) in [6, 6.07) is 5.18. The van der Waals surface area contributed by atoms with Gasteiger partial charge in [0.15, 0.2) is 17.2 Å². The van der Waals surface area contributed by atoms with Gasteiger partial charge >= 0.3 is 0 Å². The van der Waals surface area contributed by atoms with E-state index >= 15 is 4.39 Å². The standard InChI is InChI=1S/C20H21F3N4O3S/c21-12-1-2-14-16(8-12)31-18(25-14)26-19(30)27-5-3-20(23,4-6-27)17-13(22)7-11(9-24-17)15(29)10-28/h1-2,7-9,15,19,28-30H,3-6,10H2,(H,25,26)/t15-,19?/m0/s1. The number of anilines is 1. The Kier molecular flexibility index (Phi) is 6.13. The molecule has 31 heavy (non-hydrogen) atoms. The number of aliphatic hydroxyl groups is 3. The first kappa shape index (κ1) is 21.9. The average Bonchev–Trinajstić information content (AvgIpc) is 3.14. The van der Waals surface area contributed by atoms with Crippen molar-refractivity contribution in [3.63, 3.8) is 0 Å². The molecule has 1 aromatic carbocycles. The van der Waals surface area contributed by atoms with Crippen LogP contribution in [0.5, 0.6) is 0 Å². The number of pyridine rings is 1. The number of hydrogen-bond acceptors (Lipinski definition) is 8. The van der Waals surface area contributed by atoms with Gasteiger partial charge in [-0.2, -0.15) is 0 Å². The third kappa shape index (κ3) is 4.51. The quantitative estimate of drug-likeness (QED) is 0.425. The van der Waals surface area contributed by atoms with E-state index in [0.29, 0.717) is 15.3 Å². The minimum absolute atomic E-state index is 0.0696. The molecule has 0 aliphatic carbocycles. The van der Waals surface area contributed by atoms with Crippen LogP contribution in [-0.2, 0) is 5.67 Å². The van der Waals surface area contributed by atoms with Gasteiger partial charge in [0.2, 0.25) is 0 Å². The highest BCUT2D eigenvalue weighted by molar-refractivity contribution is 7.22. The molecular formula is C20H21F3N4O3S. The Morgan fingerprint density at radius 1 is 1.19 bits per heavy atom. The molecule has 1 saturated heterocycles. The lowest BCUT2D eigenvalue weighted by Crippen LogP contribution is -2.48. The number of aromatic nitrogens is 2. The van der Waals surface area contributed by atoms with E-state index in [1.807, 2.05) is 0 Å². The van der Waals surface area contributed by atoms with Gasteiger partial charge < -0.3 is 20.6 Å². The third-order valence-corrected chi connectivity index (χ3v) is 6.33. The largest absolute Gasteiger partial charge is 0.393 e. The Morgan fingerprint density at radius 2 is 1.94 bits per heavy atom. The molecule has 1 aliphatic heterocycles. The maximum absolute atomic E-state index is 15.4. The summed E-state index contributed by atoms with van der Waals surface area (Å²) in [5.74, 6) is -1.26. The van der Waals surface area contributed by atoms with Crippen molar-refractivity contribution in [1.29, 1.82) is 0 Å². The first-order valence-electron chi connectivity index (χ1n) is 9.67. The highest BCUT2D eigenvalue weighted by Crippen LogP contribution is 2.38. The molecule has 0 bridgehead atoms. The summed E-state index contributed by atoms with van der Waals surface area (Å²) in [5.41, 5.74) is -1.70. The molecule has 0 saturated carbocycles. The molecule has 3 aromatic rings. The lowest BCUT2D eigenvalue weighted by molar-refractivity contribution is -0.0328. The molecule has 2 aromatic heterocycles. The zero-order valence-electron chi connectivity index (χ0n) is 16.3. The van der Waals surface area contributed by atoms with Crippen LogP contribution in [0.1, 0.15) is 30.2 Å². The Labute approximate surface area is 179 Å². The minimum atomic E-state index is -2.02. The zero-order chi connectivity index (χ0) is 22.2. The van der Waals surface area contributed by atoms with Crippen molar-refractivity contribution in [2.24, 2.45) is 0 Å². The normalized spacial score (nSPS) is 18.8. The first-order valence-corrected chi connectivity index (χ1v) is 10.5. The van der Waals surface area contributed by atoms with E-state index in [1.54, 1.807) is 11.0 Å². The number of alkyl halides is 1. The van der Waals surface area contributed by atoms with Gasteiger partial charge in [0.1, 0.15) is 23.4 Å². The van der Waals surface area contributed by atoms with Gasteiger partial charge in [0, 0.05) is 37.7 Å². The number of benzene rings is 1. The van der Waals surface area contributed by atoms with E-state index in [-0.39, 0.29) is 43.0 Å². The van der Waals surface area contributed by atoms with E-state index in [1.165, 1.54) is 23.5 Å². The second kappa shape index (κ2) is 8.67. The van der Waals surface area contributed by atoms with Gasteiger partial charge in [-0.3, -0.25) is 9.88 Å². The molecule has 11 heteroatoms. The maximum atomic E-state index is 15.4. The molecule has 1 aliphatic rings. The number of thiazole rings is 1. The van der Waals surface area contributed by atoms with Gasteiger partial charge in [-0.1, -0.05) is 11.3 Å². The van der Waals surface area contributed by atoms with Crippen molar-refractivity contribution in [2.75, 3.05) is 25.0 Å². The number of nitrogens with zero attached hydrogens (tertiary/aromatic N) is 3. The van der Waals surface area contributed by atoms with E-state index < -0.39 is 30.5 Å². The topological polar surface area (TPSA) is 102 Å². The van der Waals surface area contributed by atoms with Crippen LogP contribution in [0.2, 0.25) is 0 Å². The lowest BCUT2D eigenvalue weighted by atomic mass is 9.89. The summed E-state index contributed by atoms with van der Waals surface area (Å²) >= 11 is 1.19. The number of fused-ring (bicyclic) bond motifs is 1. The monoisotopic (exact) mass is 454 g/mol. The molecular weight excluding hydrogens is 433 g/mol. The molecule has 0 spiro atoms. The Hall–Kier alpha value is -2.31. The average molecular weight is 454 g/mol. The maximum Gasteiger partial charge on any atom is 0.186 e. The fraction of sp³-hybridized carbons (Fsp3) is 0.400. The van der Waals surface area contributed by atoms with Crippen molar-refractivity contribution >= 4 is 26.7 Å². The van der Waals surface area contributed by atoms with Crippen LogP contribution in [0.4, 0.5) is 18.3 Å². The van der Waals surface area contributed by atoms with Gasteiger partial charge in [0.25, 0.3) is 0 Å². The Morgan fingerprint density at radius 3 is 2.61 bits per heavy atom. The van der Waals surface area contributed by atoms with E-state index in [4.69, 9.17) is 5.11 Å². The summed E-state index contributed by atoms with van der Waals surface area (Å²) in [6.07, 6.45) is -1.46. The van der Waals surface area contributed by atoms with E-state index in [9.17, 15) is 19.0 Å². The van der Waals surface area contributed by atoms with Crippen molar-refractivity contribution in [3.05, 3.63) is 53.4 Å². The number of halogens is 3. The Balaban J connectivity index is 1.41. The second-order valence-corrected chi connectivity index (χ2v) is 8.48. The fourth-order valence-electron chi connectivity index (χ4n) is 3.59. The first-order chi connectivity index (χ1) is 14.8. The van der Waals surface area contributed by atoms with E-state index in [2.05, 4.69) is 15.3 Å². The van der Waals surface area contributed by atoms with Crippen molar-refractivity contribution in [1.82, 2.24) is 14.9 Å². The molecule has 166 valence electrons. The number of piperidine rings is 1. The third-order valence-electron chi connectivity index (χ3n) is 5.38. The smallest absolute Gasteiger partial charge is 0.186 e. The van der Waals surface area contributed by atoms with E-state index in [0.717, 1.165) is 12.3 Å². The van der Waals surface area contributed by atoms with Gasteiger partial charge in [-0.25, -0.2) is 18.2 Å². The highest BCUT2D eigenvalue weighted by atomic mass is 32.1. The number of hydrogen-bond donors (Lipinski definition) is 4. The van der Waals surface area contributed by atoms with Crippen molar-refractivity contribution < 1.29 is 28.5 Å². The molecule has 3 heterocycles. The SMILES string of the molecule is OC[C@H](O)c1cnc(C2(F)CCN(C(O)Nc3nc4ccc(F)cc4s3)CC2)c(F)c1. The van der Waals surface area contributed by atoms with Gasteiger partial charge in [0.05, 0.1) is 16.8 Å². The predicted molar refractivity (Wildman–Crippen MR) is 109 cm³/mol. The van der Waals surface area contributed by atoms with Crippen LogP contribution in [-0.4, -0.2) is 56.2 Å². The van der Waals surface area contributed by atoms with Crippen molar-refractivity contribution in [2.45, 2.75) is 31.0 Å². The molecule has 4 rings (SSSR count). The molecule has 1 unspecified atom stereocenters. The molecule has 2 atom stereocenters. The molecule has 1 fully saturated rings. The number of likely N-dealkylation sites (tertiary alicyclic amines) is 1. The minimum Gasteiger partial charge on any atom is -0.393 e. The Bertz CT molecular complexity index is 1080. The van der Waals surface area contributed by atoms with Crippen LogP contribution in [0.25, 0.3) is 10.2 Å². The number of nitrogens with one attached hydrogen (secondary N) is 1. The zero-order valence-corrected chi connectivity index (χ0v) is 17.1. The van der Waals surface area contributed by atoms with Crippen LogP contribution in [0.15, 0.2) is 30.5 Å². The molecule has 7 nitrogen and oxygen atoms in total. The molecule has 0 radical (unpaired) electrons. The lowest BCUT2D eigenvalue weighted by Gasteiger charge is -2.38. The molecule has 0 amide bonds. The van der Waals surface area contributed by atoms with Crippen LogP contribution >= 0.6 is 11.3 Å². The second-order valence-electron chi connectivity index (χ2n) is 7.45. The van der Waals surface area contributed by atoms with Gasteiger partial charge in [-0.15, -0.1) is 0 Å². The van der Waals surface area contributed by atoms with Crippen LogP contribution in [0, 0.1) is 11.6 Å². The summed E-state index contributed by atoms with van der Waals surface area (Å²) in [4.78, 5) is 9.73. The predicted octanol–water partition coefficient (Wildman–Crippen LogP) is 2.64. The molecule has 4 N–H and O–H groups in total. The van der Waals surface area contributed by atoms with Crippen molar-refractivity contribution in [3.8, 4) is 0 Å². The summed E-state index contributed by atoms with van der Waals surface area (Å²) < 4.78 is 43.8. The summed E-state index contributed by atoms with van der Waals surface area (Å²) in [7, 11) is 0.